The summed E-state index contributed by atoms with van der Waals surface area (Å²) < 4.78 is 4.89. The molecule has 0 aliphatic rings. The fourth-order valence-electron chi connectivity index (χ4n) is 0.810. The Balaban J connectivity index is 3.81. The van der Waals surface area contributed by atoms with Crippen LogP contribution < -0.4 is 17.2 Å². The first-order valence-electron chi connectivity index (χ1n) is 4.22. The number of aliphatic hydroxyl groups excluding tert-OH is 1. The molecule has 0 radical (unpaired) electrons. The molecular formula is C7H17N3O4. The quantitative estimate of drug-likeness (QED) is 0.288. The summed E-state index contributed by atoms with van der Waals surface area (Å²) in [5, 5.41) is 17.8. The number of rotatable bonds is 7. The number of aliphatic hydroxyl groups is 1. The SMILES string of the molecule is NCCOC(N)C(O)C[C@H](N)C(=O)O. The molecule has 0 bridgehead atoms. The third-order valence-electron chi connectivity index (χ3n) is 1.62. The normalized spacial score (nSPS) is 17.4. The molecule has 0 aromatic heterocycles. The Morgan fingerprint density at radius 2 is 2.00 bits per heavy atom. The van der Waals surface area contributed by atoms with E-state index in [1.165, 1.54) is 0 Å². The van der Waals surface area contributed by atoms with Crippen molar-refractivity contribution >= 4 is 5.97 Å². The van der Waals surface area contributed by atoms with E-state index in [0.717, 1.165) is 0 Å². The lowest BCUT2D eigenvalue weighted by molar-refractivity contribution is -0.140. The Morgan fingerprint density at radius 3 is 2.43 bits per heavy atom. The van der Waals surface area contributed by atoms with Crippen molar-refractivity contribution in [2.45, 2.75) is 24.8 Å². The molecule has 0 saturated heterocycles. The third-order valence-corrected chi connectivity index (χ3v) is 1.62. The molecule has 0 fully saturated rings. The molecule has 0 amide bonds. The van der Waals surface area contributed by atoms with Crippen LogP contribution in [0.5, 0.6) is 0 Å². The van der Waals surface area contributed by atoms with Gasteiger partial charge in [-0.25, -0.2) is 0 Å². The van der Waals surface area contributed by atoms with Crippen LogP contribution in [-0.2, 0) is 9.53 Å². The summed E-state index contributed by atoms with van der Waals surface area (Å²) in [6, 6.07) is -1.14. The highest BCUT2D eigenvalue weighted by molar-refractivity contribution is 5.73. The molecule has 0 aromatic carbocycles. The Labute approximate surface area is 81.8 Å². The van der Waals surface area contributed by atoms with Gasteiger partial charge in [0.1, 0.15) is 12.3 Å². The van der Waals surface area contributed by atoms with E-state index in [1.54, 1.807) is 0 Å². The Kier molecular flexibility index (Phi) is 6.34. The van der Waals surface area contributed by atoms with Crippen LogP contribution in [0.4, 0.5) is 0 Å². The van der Waals surface area contributed by atoms with E-state index in [1.807, 2.05) is 0 Å². The lowest BCUT2D eigenvalue weighted by atomic mass is 10.1. The van der Waals surface area contributed by atoms with Gasteiger partial charge in [0.25, 0.3) is 0 Å². The van der Waals surface area contributed by atoms with Crippen LogP contribution in [-0.4, -0.2) is 47.7 Å². The first kappa shape index (κ1) is 13.3. The minimum atomic E-state index is -1.19. The maximum absolute atomic E-state index is 10.3. The number of hydrogen-bond donors (Lipinski definition) is 5. The van der Waals surface area contributed by atoms with Crippen LogP contribution in [0.1, 0.15) is 6.42 Å². The largest absolute Gasteiger partial charge is 0.480 e. The molecule has 0 rings (SSSR count). The third kappa shape index (κ3) is 5.10. The Morgan fingerprint density at radius 1 is 1.43 bits per heavy atom. The van der Waals surface area contributed by atoms with Crippen LogP contribution in [0.2, 0.25) is 0 Å². The summed E-state index contributed by atoms with van der Waals surface area (Å²) in [5.41, 5.74) is 15.7. The molecule has 3 atom stereocenters. The van der Waals surface area contributed by atoms with Gasteiger partial charge in [-0.3, -0.25) is 4.79 Å². The number of carboxylic acid groups (broad SMARTS) is 1. The maximum Gasteiger partial charge on any atom is 0.320 e. The number of nitrogens with two attached hydrogens (primary N) is 3. The van der Waals surface area contributed by atoms with Crippen molar-refractivity contribution < 1.29 is 19.7 Å². The van der Waals surface area contributed by atoms with Gasteiger partial charge in [-0.05, 0) is 0 Å². The van der Waals surface area contributed by atoms with Gasteiger partial charge in [0.05, 0.1) is 12.7 Å². The van der Waals surface area contributed by atoms with Gasteiger partial charge in [0.15, 0.2) is 0 Å². The molecule has 14 heavy (non-hydrogen) atoms. The zero-order valence-electron chi connectivity index (χ0n) is 7.80. The molecule has 2 unspecified atom stereocenters. The molecule has 0 saturated carbocycles. The van der Waals surface area contributed by atoms with Crippen molar-refractivity contribution in [3.05, 3.63) is 0 Å². The summed E-state index contributed by atoms with van der Waals surface area (Å²) in [5.74, 6) is -1.19. The summed E-state index contributed by atoms with van der Waals surface area (Å²) >= 11 is 0. The number of aliphatic carboxylic acids is 1. The molecular weight excluding hydrogens is 190 g/mol. The first-order valence-corrected chi connectivity index (χ1v) is 4.22. The van der Waals surface area contributed by atoms with Gasteiger partial charge >= 0.3 is 5.97 Å². The zero-order valence-corrected chi connectivity index (χ0v) is 7.80. The van der Waals surface area contributed by atoms with E-state index in [0.29, 0.717) is 0 Å². The monoisotopic (exact) mass is 207 g/mol. The second-order valence-electron chi connectivity index (χ2n) is 2.87. The summed E-state index contributed by atoms with van der Waals surface area (Å²) in [4.78, 5) is 10.3. The van der Waals surface area contributed by atoms with Crippen LogP contribution in [0.3, 0.4) is 0 Å². The second kappa shape index (κ2) is 6.68. The van der Waals surface area contributed by atoms with E-state index in [2.05, 4.69) is 0 Å². The number of carboxylic acids is 1. The highest BCUT2D eigenvalue weighted by Gasteiger charge is 2.22. The van der Waals surface area contributed by atoms with Gasteiger partial charge in [-0.1, -0.05) is 0 Å². The van der Waals surface area contributed by atoms with Crippen LogP contribution in [0.25, 0.3) is 0 Å². The van der Waals surface area contributed by atoms with Crippen molar-refractivity contribution in [1.29, 1.82) is 0 Å². The van der Waals surface area contributed by atoms with Crippen LogP contribution in [0.15, 0.2) is 0 Å². The maximum atomic E-state index is 10.3. The minimum absolute atomic E-state index is 0.152. The average Bonchev–Trinajstić information content (AvgIpc) is 2.13. The predicted molar refractivity (Wildman–Crippen MR) is 49.2 cm³/mol. The van der Waals surface area contributed by atoms with E-state index in [-0.39, 0.29) is 19.6 Å². The number of carbonyl (C=O) groups is 1. The van der Waals surface area contributed by atoms with E-state index < -0.39 is 24.3 Å². The van der Waals surface area contributed by atoms with E-state index in [4.69, 9.17) is 27.0 Å². The van der Waals surface area contributed by atoms with Crippen molar-refractivity contribution in [1.82, 2.24) is 0 Å². The molecule has 0 spiro atoms. The minimum Gasteiger partial charge on any atom is -0.480 e. The second-order valence-corrected chi connectivity index (χ2v) is 2.87. The summed E-state index contributed by atoms with van der Waals surface area (Å²) in [6.07, 6.45) is -2.21. The van der Waals surface area contributed by atoms with Gasteiger partial charge in [0, 0.05) is 13.0 Å². The molecule has 7 nitrogen and oxygen atoms in total. The zero-order chi connectivity index (χ0) is 11.1. The fraction of sp³-hybridized carbons (Fsp3) is 0.857. The van der Waals surface area contributed by atoms with Crippen molar-refractivity contribution in [2.75, 3.05) is 13.2 Å². The predicted octanol–water partition coefficient (Wildman–Crippen LogP) is -2.59. The van der Waals surface area contributed by atoms with Crippen molar-refractivity contribution in [2.24, 2.45) is 17.2 Å². The van der Waals surface area contributed by atoms with Crippen molar-refractivity contribution in [3.63, 3.8) is 0 Å². The molecule has 0 heterocycles. The Bertz CT molecular complexity index is 178. The topological polar surface area (TPSA) is 145 Å². The van der Waals surface area contributed by atoms with Crippen LogP contribution in [0, 0.1) is 0 Å². The van der Waals surface area contributed by atoms with Gasteiger partial charge in [-0.15, -0.1) is 0 Å². The van der Waals surface area contributed by atoms with Gasteiger partial charge < -0.3 is 32.2 Å². The van der Waals surface area contributed by atoms with E-state index in [9.17, 15) is 9.90 Å². The average molecular weight is 207 g/mol. The van der Waals surface area contributed by atoms with E-state index >= 15 is 0 Å². The Hall–Kier alpha value is -0.730. The van der Waals surface area contributed by atoms with Crippen LogP contribution >= 0.6 is 0 Å². The smallest absolute Gasteiger partial charge is 0.320 e. The molecule has 8 N–H and O–H groups in total. The highest BCUT2D eigenvalue weighted by Crippen LogP contribution is 2.01. The fourth-order valence-corrected chi connectivity index (χ4v) is 0.810. The molecule has 84 valence electrons. The molecule has 0 aliphatic heterocycles. The number of ether oxygens (including phenoxy) is 1. The summed E-state index contributed by atoms with van der Waals surface area (Å²) in [6.45, 7) is 0.492. The molecule has 0 aromatic rings. The van der Waals surface area contributed by atoms with Gasteiger partial charge in [-0.2, -0.15) is 0 Å². The lowest BCUT2D eigenvalue weighted by Gasteiger charge is -2.20. The molecule has 0 aliphatic carbocycles. The number of hydrogen-bond acceptors (Lipinski definition) is 6. The molecule has 7 heteroatoms. The van der Waals surface area contributed by atoms with Gasteiger partial charge in [0.2, 0.25) is 0 Å². The summed E-state index contributed by atoms with van der Waals surface area (Å²) in [7, 11) is 0. The highest BCUT2D eigenvalue weighted by atomic mass is 16.5. The first-order chi connectivity index (χ1) is 6.49. The lowest BCUT2D eigenvalue weighted by Crippen LogP contribution is -2.44. The van der Waals surface area contributed by atoms with Crippen molar-refractivity contribution in [3.8, 4) is 0 Å². The standard InChI is InChI=1S/C7H17N3O4/c8-1-2-14-6(10)5(11)3-4(9)7(12)13/h4-6,11H,1-3,8-10H2,(H,12,13)/t4-,5?,6?/m0/s1.